The predicted octanol–water partition coefficient (Wildman–Crippen LogP) is 1.81. The van der Waals surface area contributed by atoms with Gasteiger partial charge in [0.05, 0.1) is 0 Å². The van der Waals surface area contributed by atoms with Crippen LogP contribution in [0.2, 0.25) is 0 Å². The van der Waals surface area contributed by atoms with Crippen molar-refractivity contribution in [2.75, 3.05) is 17.2 Å². The van der Waals surface area contributed by atoms with Gasteiger partial charge in [0, 0.05) is 28.2 Å². The van der Waals surface area contributed by atoms with Gasteiger partial charge in [0.15, 0.2) is 0 Å². The zero-order chi connectivity index (χ0) is 11.7. The fourth-order valence-electron chi connectivity index (χ4n) is 1.60. The van der Waals surface area contributed by atoms with Gasteiger partial charge in [0.2, 0.25) is 0 Å². The number of hydrogen-bond acceptors (Lipinski definition) is 4. The molecule has 0 aromatic heterocycles. The highest BCUT2D eigenvalue weighted by Crippen LogP contribution is 2.33. The monoisotopic (exact) mass is 215 g/mol. The van der Waals surface area contributed by atoms with Gasteiger partial charge < -0.3 is 22.3 Å². The molecule has 0 atom stereocenters. The predicted molar refractivity (Wildman–Crippen MR) is 66.8 cm³/mol. The van der Waals surface area contributed by atoms with Crippen molar-refractivity contribution in [2.24, 2.45) is 0 Å². The molecule has 0 aliphatic rings. The summed E-state index contributed by atoms with van der Waals surface area (Å²) >= 11 is 0. The van der Waals surface area contributed by atoms with Gasteiger partial charge in [-0.3, -0.25) is 0 Å². The molecule has 7 N–H and O–H groups in total. The Morgan fingerprint density at radius 3 is 2.19 bits per heavy atom. The Kier molecular flexibility index (Phi) is 2.32. The highest BCUT2D eigenvalue weighted by Gasteiger charge is 2.07. The number of rotatable bonds is 1. The number of benzene rings is 2. The molecule has 2 aromatic rings. The number of phenols is 1. The van der Waals surface area contributed by atoms with Gasteiger partial charge in [-0.25, -0.2) is 0 Å². The maximum Gasteiger partial charge on any atom is 0.116 e. The van der Waals surface area contributed by atoms with E-state index in [2.05, 4.69) is 0 Å². The van der Waals surface area contributed by atoms with E-state index in [1.54, 1.807) is 30.3 Å². The van der Waals surface area contributed by atoms with Crippen molar-refractivity contribution in [1.82, 2.24) is 0 Å². The Balaban J connectivity index is 2.62. The molecule has 0 saturated heterocycles. The fraction of sp³-hybridized carbons (Fsp3) is 0. The van der Waals surface area contributed by atoms with Gasteiger partial charge in [-0.1, -0.05) is 6.07 Å². The van der Waals surface area contributed by atoms with E-state index < -0.39 is 0 Å². The van der Waals surface area contributed by atoms with E-state index >= 15 is 0 Å². The summed E-state index contributed by atoms with van der Waals surface area (Å²) in [6, 6.07) is 9.95. The van der Waals surface area contributed by atoms with E-state index in [-0.39, 0.29) is 5.75 Å². The molecule has 0 heterocycles. The van der Waals surface area contributed by atoms with Crippen LogP contribution in [0.15, 0.2) is 36.4 Å². The first-order chi connectivity index (χ1) is 7.58. The molecule has 16 heavy (non-hydrogen) atoms. The summed E-state index contributed by atoms with van der Waals surface area (Å²) in [4.78, 5) is 0. The van der Waals surface area contributed by atoms with Gasteiger partial charge in [-0.15, -0.1) is 0 Å². The molecule has 2 aromatic carbocycles. The van der Waals surface area contributed by atoms with Crippen molar-refractivity contribution >= 4 is 17.1 Å². The molecular weight excluding hydrogens is 202 g/mol. The van der Waals surface area contributed by atoms with Crippen LogP contribution in [-0.2, 0) is 0 Å². The van der Waals surface area contributed by atoms with E-state index in [4.69, 9.17) is 17.2 Å². The molecule has 0 unspecified atom stereocenters. The largest absolute Gasteiger partial charge is 0.508 e. The minimum Gasteiger partial charge on any atom is -0.508 e. The van der Waals surface area contributed by atoms with Crippen molar-refractivity contribution < 1.29 is 5.11 Å². The first-order valence-electron chi connectivity index (χ1n) is 4.82. The second-order valence-electron chi connectivity index (χ2n) is 3.62. The molecule has 0 fully saturated rings. The molecule has 0 amide bonds. The average molecular weight is 215 g/mol. The fourth-order valence-corrected chi connectivity index (χ4v) is 1.60. The lowest BCUT2D eigenvalue weighted by atomic mass is 10.0. The van der Waals surface area contributed by atoms with E-state index in [0.29, 0.717) is 22.6 Å². The van der Waals surface area contributed by atoms with Crippen LogP contribution < -0.4 is 17.2 Å². The third-order valence-electron chi connectivity index (χ3n) is 2.40. The zero-order valence-electron chi connectivity index (χ0n) is 8.64. The molecule has 0 bridgehead atoms. The SMILES string of the molecule is Nc1ccc(-c2cc(O)ccc2N)c(N)c1. The minimum atomic E-state index is 0.153. The summed E-state index contributed by atoms with van der Waals surface area (Å²) < 4.78 is 0. The van der Waals surface area contributed by atoms with Gasteiger partial charge in [0.1, 0.15) is 5.75 Å². The second kappa shape index (κ2) is 3.66. The Labute approximate surface area is 93.3 Å². The Morgan fingerprint density at radius 2 is 1.50 bits per heavy atom. The summed E-state index contributed by atoms with van der Waals surface area (Å²) in [5.74, 6) is 0.153. The quantitative estimate of drug-likeness (QED) is 0.430. The molecule has 2 rings (SSSR count). The maximum atomic E-state index is 9.42. The van der Waals surface area contributed by atoms with Crippen molar-refractivity contribution in [3.8, 4) is 16.9 Å². The summed E-state index contributed by atoms with van der Waals surface area (Å²) in [5, 5.41) is 9.42. The lowest BCUT2D eigenvalue weighted by Gasteiger charge is -2.09. The number of phenolic OH excluding ortho intramolecular Hbond substituents is 1. The smallest absolute Gasteiger partial charge is 0.116 e. The van der Waals surface area contributed by atoms with Crippen molar-refractivity contribution in [3.05, 3.63) is 36.4 Å². The maximum absolute atomic E-state index is 9.42. The topological polar surface area (TPSA) is 98.3 Å². The van der Waals surface area contributed by atoms with Gasteiger partial charge in [-0.2, -0.15) is 0 Å². The number of aromatic hydroxyl groups is 1. The third kappa shape index (κ3) is 1.72. The highest BCUT2D eigenvalue weighted by molar-refractivity contribution is 5.86. The lowest BCUT2D eigenvalue weighted by molar-refractivity contribution is 0.475. The van der Waals surface area contributed by atoms with Crippen LogP contribution in [0.4, 0.5) is 17.1 Å². The molecule has 0 spiro atoms. The summed E-state index contributed by atoms with van der Waals surface area (Å²) in [6.07, 6.45) is 0. The zero-order valence-corrected chi connectivity index (χ0v) is 8.64. The van der Waals surface area contributed by atoms with Crippen molar-refractivity contribution in [1.29, 1.82) is 0 Å². The average Bonchev–Trinajstić information content (AvgIpc) is 2.22. The van der Waals surface area contributed by atoms with Crippen LogP contribution in [0, 0.1) is 0 Å². The molecule has 0 aliphatic carbocycles. The van der Waals surface area contributed by atoms with E-state index in [9.17, 15) is 5.11 Å². The molecular formula is C12H13N3O. The van der Waals surface area contributed by atoms with Gasteiger partial charge >= 0.3 is 0 Å². The van der Waals surface area contributed by atoms with Gasteiger partial charge in [-0.05, 0) is 30.3 Å². The minimum absolute atomic E-state index is 0.153. The molecule has 0 saturated carbocycles. The third-order valence-corrected chi connectivity index (χ3v) is 2.40. The summed E-state index contributed by atoms with van der Waals surface area (Å²) in [6.45, 7) is 0. The normalized spacial score (nSPS) is 10.2. The Hall–Kier alpha value is -2.36. The van der Waals surface area contributed by atoms with Crippen LogP contribution in [0.5, 0.6) is 5.75 Å². The first kappa shape index (κ1) is 10.2. The van der Waals surface area contributed by atoms with Crippen LogP contribution >= 0.6 is 0 Å². The molecule has 4 nitrogen and oxygen atoms in total. The molecule has 0 aliphatic heterocycles. The highest BCUT2D eigenvalue weighted by atomic mass is 16.3. The molecule has 4 heteroatoms. The van der Waals surface area contributed by atoms with Crippen LogP contribution in [0.3, 0.4) is 0 Å². The Bertz CT molecular complexity index is 538. The molecule has 82 valence electrons. The summed E-state index contributed by atoms with van der Waals surface area (Å²) in [7, 11) is 0. The summed E-state index contributed by atoms with van der Waals surface area (Å²) in [5.41, 5.74) is 20.5. The van der Waals surface area contributed by atoms with Crippen LogP contribution in [0.1, 0.15) is 0 Å². The number of nitrogens with two attached hydrogens (primary N) is 3. The number of nitrogen functional groups attached to an aromatic ring is 3. The number of anilines is 3. The van der Waals surface area contributed by atoms with E-state index in [1.165, 1.54) is 6.07 Å². The first-order valence-corrected chi connectivity index (χ1v) is 4.82. The van der Waals surface area contributed by atoms with E-state index in [0.717, 1.165) is 5.56 Å². The second-order valence-corrected chi connectivity index (χ2v) is 3.62. The van der Waals surface area contributed by atoms with Gasteiger partial charge in [0.25, 0.3) is 0 Å². The standard InChI is InChI=1S/C12H13N3O/c13-7-1-3-9(12(15)5-7)10-6-8(16)2-4-11(10)14/h1-6,16H,13-15H2. The van der Waals surface area contributed by atoms with Crippen LogP contribution in [-0.4, -0.2) is 5.11 Å². The number of hydrogen-bond donors (Lipinski definition) is 4. The van der Waals surface area contributed by atoms with E-state index in [1.807, 2.05) is 0 Å². The van der Waals surface area contributed by atoms with Crippen molar-refractivity contribution in [3.63, 3.8) is 0 Å². The lowest BCUT2D eigenvalue weighted by Crippen LogP contribution is -1.96. The Morgan fingerprint density at radius 1 is 0.750 bits per heavy atom. The van der Waals surface area contributed by atoms with Crippen LogP contribution in [0.25, 0.3) is 11.1 Å². The molecule has 0 radical (unpaired) electrons. The van der Waals surface area contributed by atoms with Crippen molar-refractivity contribution in [2.45, 2.75) is 0 Å².